The highest BCUT2D eigenvalue weighted by molar-refractivity contribution is 9.10. The van der Waals surface area contributed by atoms with Crippen LogP contribution in [0.15, 0.2) is 34.1 Å². The minimum Gasteiger partial charge on any atom is -0.366 e. The van der Waals surface area contributed by atoms with E-state index >= 15 is 0 Å². The van der Waals surface area contributed by atoms with Crippen LogP contribution in [0.4, 0.5) is 11.5 Å². The van der Waals surface area contributed by atoms with E-state index < -0.39 is 0 Å². The molecule has 8 heteroatoms. The zero-order valence-corrected chi connectivity index (χ0v) is 13.2. The van der Waals surface area contributed by atoms with Gasteiger partial charge in [0, 0.05) is 45.6 Å². The van der Waals surface area contributed by atoms with Crippen molar-refractivity contribution in [3.05, 3.63) is 39.6 Å². The summed E-state index contributed by atoms with van der Waals surface area (Å²) < 4.78 is 1.89. The van der Waals surface area contributed by atoms with Crippen molar-refractivity contribution in [3.63, 3.8) is 0 Å². The molecule has 2 aromatic rings. The first kappa shape index (κ1) is 14.0. The molecule has 1 saturated heterocycles. The van der Waals surface area contributed by atoms with Gasteiger partial charge in [0.05, 0.1) is 18.1 Å². The standard InChI is InChI=1S/C13H15BrN6O/c1-18-13(21)12(14)10(8-17-18)19-4-6-20(7-5-19)11-9-15-2-3-16-11/h2-3,8-9H,4-7H2,1H3. The Kier molecular flexibility index (Phi) is 3.87. The quantitative estimate of drug-likeness (QED) is 0.792. The Morgan fingerprint density at radius 3 is 2.48 bits per heavy atom. The summed E-state index contributed by atoms with van der Waals surface area (Å²) in [7, 11) is 1.64. The average Bonchev–Trinajstić information content (AvgIpc) is 2.54. The maximum absolute atomic E-state index is 11.9. The molecule has 0 spiro atoms. The monoisotopic (exact) mass is 350 g/mol. The van der Waals surface area contributed by atoms with Crippen LogP contribution >= 0.6 is 15.9 Å². The summed E-state index contributed by atoms with van der Waals surface area (Å²) in [6, 6.07) is 0. The molecule has 3 heterocycles. The van der Waals surface area contributed by atoms with E-state index in [4.69, 9.17) is 0 Å². The third-order valence-electron chi connectivity index (χ3n) is 3.55. The molecular weight excluding hydrogens is 336 g/mol. The molecule has 0 atom stereocenters. The molecule has 1 fully saturated rings. The predicted molar refractivity (Wildman–Crippen MR) is 83.6 cm³/mol. The van der Waals surface area contributed by atoms with Crippen LogP contribution in [0.25, 0.3) is 0 Å². The van der Waals surface area contributed by atoms with Gasteiger partial charge in [0.2, 0.25) is 0 Å². The zero-order chi connectivity index (χ0) is 14.8. The van der Waals surface area contributed by atoms with Gasteiger partial charge in [0.1, 0.15) is 10.3 Å². The average molecular weight is 351 g/mol. The Bertz CT molecular complexity index is 681. The lowest BCUT2D eigenvalue weighted by Gasteiger charge is -2.36. The van der Waals surface area contributed by atoms with Crippen LogP contribution in [-0.2, 0) is 7.05 Å². The van der Waals surface area contributed by atoms with Crippen molar-refractivity contribution in [2.75, 3.05) is 36.0 Å². The lowest BCUT2D eigenvalue weighted by molar-refractivity contribution is 0.635. The second-order valence-corrected chi connectivity index (χ2v) is 5.60. The van der Waals surface area contributed by atoms with Crippen LogP contribution in [0.1, 0.15) is 0 Å². The van der Waals surface area contributed by atoms with Crippen molar-refractivity contribution >= 4 is 27.4 Å². The molecule has 1 aliphatic heterocycles. The van der Waals surface area contributed by atoms with Gasteiger partial charge in [-0.2, -0.15) is 5.10 Å². The van der Waals surface area contributed by atoms with Crippen LogP contribution in [0.3, 0.4) is 0 Å². The predicted octanol–water partition coefficient (Wildman–Crippen LogP) is 0.659. The largest absolute Gasteiger partial charge is 0.366 e. The number of aromatic nitrogens is 4. The summed E-state index contributed by atoms with van der Waals surface area (Å²) in [5.41, 5.74) is 0.723. The van der Waals surface area contributed by atoms with Gasteiger partial charge >= 0.3 is 0 Å². The molecule has 2 aromatic heterocycles. The summed E-state index contributed by atoms with van der Waals surface area (Å²) in [6.07, 6.45) is 6.86. The first-order valence-electron chi connectivity index (χ1n) is 6.64. The van der Waals surface area contributed by atoms with Gasteiger partial charge in [-0.15, -0.1) is 0 Å². The van der Waals surface area contributed by atoms with E-state index in [1.54, 1.807) is 31.8 Å². The third kappa shape index (κ3) is 2.76. The fourth-order valence-electron chi connectivity index (χ4n) is 2.35. The van der Waals surface area contributed by atoms with Crippen LogP contribution in [-0.4, -0.2) is 45.9 Å². The Hall–Kier alpha value is -1.96. The van der Waals surface area contributed by atoms with Gasteiger partial charge in [-0.05, 0) is 15.9 Å². The first-order chi connectivity index (χ1) is 10.2. The molecule has 0 aliphatic carbocycles. The number of rotatable bonds is 2. The number of aryl methyl sites for hydroxylation is 1. The Morgan fingerprint density at radius 1 is 1.10 bits per heavy atom. The fraction of sp³-hybridized carbons (Fsp3) is 0.385. The van der Waals surface area contributed by atoms with Crippen molar-refractivity contribution in [2.45, 2.75) is 0 Å². The lowest BCUT2D eigenvalue weighted by Crippen LogP contribution is -2.47. The smallest absolute Gasteiger partial charge is 0.282 e. The Balaban J connectivity index is 1.75. The molecule has 0 aromatic carbocycles. The van der Waals surface area contributed by atoms with Crippen molar-refractivity contribution in [2.24, 2.45) is 7.05 Å². The summed E-state index contributed by atoms with van der Waals surface area (Å²) in [6.45, 7) is 3.29. The van der Waals surface area contributed by atoms with Crippen molar-refractivity contribution in [1.29, 1.82) is 0 Å². The fourth-order valence-corrected chi connectivity index (χ4v) is 2.96. The van der Waals surface area contributed by atoms with Gasteiger partial charge in [0.25, 0.3) is 5.56 Å². The molecule has 1 aliphatic rings. The van der Waals surface area contributed by atoms with Gasteiger partial charge in [-0.25, -0.2) is 9.67 Å². The van der Waals surface area contributed by atoms with E-state index in [2.05, 4.69) is 40.8 Å². The second kappa shape index (κ2) is 5.80. The highest BCUT2D eigenvalue weighted by Crippen LogP contribution is 2.23. The molecule has 110 valence electrons. The molecule has 0 amide bonds. The van der Waals surface area contributed by atoms with E-state index in [1.807, 2.05) is 0 Å². The second-order valence-electron chi connectivity index (χ2n) is 4.81. The molecule has 0 bridgehead atoms. The molecule has 3 rings (SSSR count). The minimum absolute atomic E-state index is 0.121. The van der Waals surface area contributed by atoms with Crippen LogP contribution < -0.4 is 15.4 Å². The normalized spacial score (nSPS) is 15.3. The molecule has 7 nitrogen and oxygen atoms in total. The van der Waals surface area contributed by atoms with Gasteiger partial charge in [-0.1, -0.05) is 0 Å². The topological polar surface area (TPSA) is 67.2 Å². The van der Waals surface area contributed by atoms with Crippen LogP contribution in [0.5, 0.6) is 0 Å². The highest BCUT2D eigenvalue weighted by Gasteiger charge is 2.21. The first-order valence-corrected chi connectivity index (χ1v) is 7.44. The number of halogens is 1. The SMILES string of the molecule is Cn1ncc(N2CCN(c3cnccn3)CC2)c(Br)c1=O. The summed E-state index contributed by atoms with van der Waals surface area (Å²) in [5, 5.41) is 4.09. The minimum atomic E-state index is -0.121. The Labute approximate surface area is 130 Å². The van der Waals surface area contributed by atoms with E-state index in [-0.39, 0.29) is 5.56 Å². The van der Waals surface area contributed by atoms with Crippen LogP contribution in [0, 0.1) is 0 Å². The van der Waals surface area contributed by atoms with E-state index in [0.717, 1.165) is 37.7 Å². The summed E-state index contributed by atoms with van der Waals surface area (Å²) in [5.74, 6) is 0.887. The van der Waals surface area contributed by atoms with Gasteiger partial charge < -0.3 is 9.80 Å². The third-order valence-corrected chi connectivity index (χ3v) is 4.30. The van der Waals surface area contributed by atoms with E-state index in [1.165, 1.54) is 4.68 Å². The van der Waals surface area contributed by atoms with Crippen molar-refractivity contribution in [1.82, 2.24) is 19.7 Å². The Morgan fingerprint density at radius 2 is 1.81 bits per heavy atom. The van der Waals surface area contributed by atoms with E-state index in [0.29, 0.717) is 4.47 Å². The molecule has 0 N–H and O–H groups in total. The number of hydrogen-bond donors (Lipinski definition) is 0. The summed E-state index contributed by atoms with van der Waals surface area (Å²) in [4.78, 5) is 24.7. The zero-order valence-electron chi connectivity index (χ0n) is 11.6. The summed E-state index contributed by atoms with van der Waals surface area (Å²) >= 11 is 3.38. The maximum atomic E-state index is 11.9. The number of piperazine rings is 1. The van der Waals surface area contributed by atoms with E-state index in [9.17, 15) is 4.79 Å². The van der Waals surface area contributed by atoms with Crippen molar-refractivity contribution in [3.8, 4) is 0 Å². The number of nitrogens with zero attached hydrogens (tertiary/aromatic N) is 6. The lowest BCUT2D eigenvalue weighted by atomic mass is 10.3. The van der Waals surface area contributed by atoms with Gasteiger partial charge in [0.15, 0.2) is 0 Å². The molecule has 0 saturated carbocycles. The number of anilines is 2. The maximum Gasteiger partial charge on any atom is 0.282 e. The van der Waals surface area contributed by atoms with Crippen LogP contribution in [0.2, 0.25) is 0 Å². The molecular formula is C13H15BrN6O. The van der Waals surface area contributed by atoms with Crippen molar-refractivity contribution < 1.29 is 0 Å². The highest BCUT2D eigenvalue weighted by atomic mass is 79.9. The molecule has 21 heavy (non-hydrogen) atoms. The number of hydrogen-bond acceptors (Lipinski definition) is 6. The molecule has 0 unspecified atom stereocenters. The molecule has 0 radical (unpaired) electrons. The van der Waals surface area contributed by atoms with Gasteiger partial charge in [-0.3, -0.25) is 9.78 Å².